The van der Waals surface area contributed by atoms with E-state index in [1.54, 1.807) is 30.3 Å². The van der Waals surface area contributed by atoms with Gasteiger partial charge in [-0.25, -0.2) is 4.39 Å². The molecule has 2 aromatic rings. The number of hydrogen-bond donors (Lipinski definition) is 1. The second-order valence-electron chi connectivity index (χ2n) is 5.24. The summed E-state index contributed by atoms with van der Waals surface area (Å²) in [7, 11) is 0. The van der Waals surface area contributed by atoms with E-state index in [-0.39, 0.29) is 11.6 Å². The molecule has 0 radical (unpaired) electrons. The van der Waals surface area contributed by atoms with E-state index in [0.29, 0.717) is 31.1 Å². The van der Waals surface area contributed by atoms with Crippen LogP contribution in [0.4, 0.5) is 10.1 Å². The van der Waals surface area contributed by atoms with E-state index in [9.17, 15) is 9.18 Å². The van der Waals surface area contributed by atoms with Crippen LogP contribution in [0, 0.1) is 5.82 Å². The third-order valence-electron chi connectivity index (χ3n) is 3.35. The van der Waals surface area contributed by atoms with Gasteiger partial charge in [0.2, 0.25) is 0 Å². The third kappa shape index (κ3) is 4.80. The molecule has 0 bridgehead atoms. The van der Waals surface area contributed by atoms with Gasteiger partial charge in [0.1, 0.15) is 11.6 Å². The van der Waals surface area contributed by atoms with Gasteiger partial charge in [0.25, 0.3) is 5.91 Å². The van der Waals surface area contributed by atoms with Crippen LogP contribution in [0.25, 0.3) is 0 Å². The summed E-state index contributed by atoms with van der Waals surface area (Å²) in [5.41, 5.74) is 1.38. The molecule has 0 aromatic heterocycles. The average Bonchev–Trinajstić information content (AvgIpc) is 2.58. The lowest BCUT2D eigenvalue weighted by Gasteiger charge is -2.13. The number of carbonyl (C=O) groups excluding carboxylic acids is 1. The predicted molar refractivity (Wildman–Crippen MR) is 91.9 cm³/mol. The van der Waals surface area contributed by atoms with Gasteiger partial charge >= 0.3 is 0 Å². The van der Waals surface area contributed by atoms with Gasteiger partial charge < -0.3 is 14.8 Å². The third-order valence-corrected chi connectivity index (χ3v) is 3.35. The summed E-state index contributed by atoms with van der Waals surface area (Å²) in [5.74, 6) is -0.153. The first-order chi connectivity index (χ1) is 11.7. The van der Waals surface area contributed by atoms with Crippen molar-refractivity contribution in [2.24, 2.45) is 0 Å². The molecule has 0 spiro atoms. The zero-order valence-electron chi connectivity index (χ0n) is 14.0. The maximum absolute atomic E-state index is 13.7. The van der Waals surface area contributed by atoms with Gasteiger partial charge in [-0.1, -0.05) is 19.1 Å². The minimum Gasteiger partial charge on any atom is -0.494 e. The molecule has 1 amide bonds. The van der Waals surface area contributed by atoms with Crippen LogP contribution in [0.1, 0.15) is 36.2 Å². The molecule has 0 aliphatic carbocycles. The Morgan fingerprint density at radius 2 is 1.96 bits per heavy atom. The van der Waals surface area contributed by atoms with E-state index in [4.69, 9.17) is 9.47 Å². The molecule has 0 saturated carbocycles. The molecule has 0 atom stereocenters. The van der Waals surface area contributed by atoms with Gasteiger partial charge in [0, 0.05) is 17.7 Å². The number of benzene rings is 2. The monoisotopic (exact) mass is 331 g/mol. The van der Waals surface area contributed by atoms with Gasteiger partial charge in [-0.3, -0.25) is 4.79 Å². The summed E-state index contributed by atoms with van der Waals surface area (Å²) in [4.78, 5) is 12.4. The molecule has 128 valence electrons. The van der Waals surface area contributed by atoms with E-state index in [1.165, 1.54) is 12.1 Å². The quantitative estimate of drug-likeness (QED) is 0.729. The second kappa shape index (κ2) is 9.03. The Hall–Kier alpha value is -2.40. The zero-order valence-corrected chi connectivity index (χ0v) is 14.0. The molecule has 1 N–H and O–H groups in total. The molecule has 0 aliphatic rings. The highest BCUT2D eigenvalue weighted by Crippen LogP contribution is 2.22. The van der Waals surface area contributed by atoms with Gasteiger partial charge in [-0.05, 0) is 43.7 Å². The largest absolute Gasteiger partial charge is 0.494 e. The first-order valence-corrected chi connectivity index (χ1v) is 8.05. The number of nitrogens with one attached hydrogen (secondary N) is 1. The fourth-order valence-electron chi connectivity index (χ4n) is 2.21. The van der Waals surface area contributed by atoms with Crippen LogP contribution in [-0.2, 0) is 11.3 Å². The predicted octanol–water partition coefficient (Wildman–Crippen LogP) is 4.40. The van der Waals surface area contributed by atoms with Gasteiger partial charge in [-0.15, -0.1) is 0 Å². The SMILES string of the molecule is CCCOCc1cc(C(=O)Nc2ccccc2F)ccc1OCC. The van der Waals surface area contributed by atoms with Crippen molar-refractivity contribution < 1.29 is 18.7 Å². The van der Waals surface area contributed by atoms with E-state index in [2.05, 4.69) is 5.32 Å². The molecular formula is C19H22FNO3. The average molecular weight is 331 g/mol. The Morgan fingerprint density at radius 1 is 1.17 bits per heavy atom. The van der Waals surface area contributed by atoms with Gasteiger partial charge in [-0.2, -0.15) is 0 Å². The van der Waals surface area contributed by atoms with Crippen LogP contribution in [-0.4, -0.2) is 19.1 Å². The molecule has 5 heteroatoms. The Balaban J connectivity index is 2.18. The molecule has 2 aromatic carbocycles. The summed E-state index contributed by atoms with van der Waals surface area (Å²) in [6.07, 6.45) is 0.914. The van der Waals surface area contributed by atoms with Crippen molar-refractivity contribution in [2.45, 2.75) is 26.9 Å². The van der Waals surface area contributed by atoms with Crippen molar-refractivity contribution in [3.63, 3.8) is 0 Å². The molecule has 0 unspecified atom stereocenters. The molecule has 0 fully saturated rings. The number of para-hydroxylation sites is 1. The number of carbonyl (C=O) groups is 1. The van der Waals surface area contributed by atoms with Crippen LogP contribution in [0.3, 0.4) is 0 Å². The van der Waals surface area contributed by atoms with E-state index in [0.717, 1.165) is 12.0 Å². The molecule has 0 heterocycles. The first kappa shape index (κ1) is 17.9. The zero-order chi connectivity index (χ0) is 17.4. The fourth-order valence-corrected chi connectivity index (χ4v) is 2.21. The van der Waals surface area contributed by atoms with Crippen molar-refractivity contribution in [3.05, 3.63) is 59.4 Å². The number of amides is 1. The van der Waals surface area contributed by atoms with Crippen molar-refractivity contribution in [3.8, 4) is 5.75 Å². The maximum Gasteiger partial charge on any atom is 0.255 e. The van der Waals surface area contributed by atoms with E-state index < -0.39 is 5.82 Å². The lowest BCUT2D eigenvalue weighted by Crippen LogP contribution is -2.13. The highest BCUT2D eigenvalue weighted by molar-refractivity contribution is 6.04. The number of rotatable bonds is 8. The number of halogens is 1. The molecule has 0 saturated heterocycles. The Labute approximate surface area is 141 Å². The van der Waals surface area contributed by atoms with Crippen LogP contribution in [0.2, 0.25) is 0 Å². The summed E-state index contributed by atoms with van der Waals surface area (Å²) >= 11 is 0. The standard InChI is InChI=1S/C19H22FNO3/c1-3-11-23-13-15-12-14(9-10-18(15)24-4-2)19(22)21-17-8-6-5-7-16(17)20/h5-10,12H,3-4,11,13H2,1-2H3,(H,21,22). The topological polar surface area (TPSA) is 47.6 Å². The Kier molecular flexibility index (Phi) is 6.75. The minimum atomic E-state index is -0.469. The summed E-state index contributed by atoms with van der Waals surface area (Å²) < 4.78 is 24.8. The summed E-state index contributed by atoms with van der Waals surface area (Å²) in [6, 6.07) is 11.2. The number of hydrogen-bond acceptors (Lipinski definition) is 3. The van der Waals surface area contributed by atoms with Crippen molar-refractivity contribution in [1.82, 2.24) is 0 Å². The first-order valence-electron chi connectivity index (χ1n) is 8.05. The number of ether oxygens (including phenoxy) is 2. The molecular weight excluding hydrogens is 309 g/mol. The van der Waals surface area contributed by atoms with Crippen LogP contribution >= 0.6 is 0 Å². The van der Waals surface area contributed by atoms with Crippen molar-refractivity contribution in [2.75, 3.05) is 18.5 Å². The van der Waals surface area contributed by atoms with Crippen LogP contribution < -0.4 is 10.1 Å². The second-order valence-corrected chi connectivity index (χ2v) is 5.24. The summed E-state index contributed by atoms with van der Waals surface area (Å²) in [6.45, 7) is 5.46. The fraction of sp³-hybridized carbons (Fsp3) is 0.316. The van der Waals surface area contributed by atoms with Crippen LogP contribution in [0.15, 0.2) is 42.5 Å². The van der Waals surface area contributed by atoms with E-state index >= 15 is 0 Å². The summed E-state index contributed by atoms with van der Waals surface area (Å²) in [5, 5.41) is 2.58. The van der Waals surface area contributed by atoms with Gasteiger partial charge in [0.05, 0.1) is 18.9 Å². The lowest BCUT2D eigenvalue weighted by molar-refractivity contribution is 0.102. The maximum atomic E-state index is 13.7. The molecule has 24 heavy (non-hydrogen) atoms. The normalized spacial score (nSPS) is 10.5. The Morgan fingerprint density at radius 3 is 2.67 bits per heavy atom. The molecule has 0 aliphatic heterocycles. The van der Waals surface area contributed by atoms with E-state index in [1.807, 2.05) is 13.8 Å². The minimum absolute atomic E-state index is 0.153. The highest BCUT2D eigenvalue weighted by atomic mass is 19.1. The van der Waals surface area contributed by atoms with Gasteiger partial charge in [0.15, 0.2) is 0 Å². The lowest BCUT2D eigenvalue weighted by atomic mass is 10.1. The van der Waals surface area contributed by atoms with Crippen LogP contribution in [0.5, 0.6) is 5.75 Å². The number of anilines is 1. The molecule has 2 rings (SSSR count). The van der Waals surface area contributed by atoms with Crippen molar-refractivity contribution in [1.29, 1.82) is 0 Å². The molecule has 4 nitrogen and oxygen atoms in total. The Bertz CT molecular complexity index is 688. The highest BCUT2D eigenvalue weighted by Gasteiger charge is 2.12. The smallest absolute Gasteiger partial charge is 0.255 e. The van der Waals surface area contributed by atoms with Crippen molar-refractivity contribution >= 4 is 11.6 Å².